The van der Waals surface area contributed by atoms with Crippen LogP contribution < -0.4 is 5.30 Å². The third kappa shape index (κ3) is 1.72. The monoisotopic (exact) mass is 178 g/mol. The molecule has 0 nitrogen and oxygen atoms in total. The molecule has 1 aromatic carbocycles. The lowest BCUT2D eigenvalue weighted by Crippen LogP contribution is -2.07. The van der Waals surface area contributed by atoms with E-state index in [2.05, 4.69) is 0 Å². The van der Waals surface area contributed by atoms with E-state index >= 15 is 0 Å². The summed E-state index contributed by atoms with van der Waals surface area (Å²) >= 11 is 0. The van der Waals surface area contributed by atoms with Gasteiger partial charge in [0.1, 0.15) is 17.5 Å². The van der Waals surface area contributed by atoms with Crippen molar-refractivity contribution in [1.29, 1.82) is 0 Å². The summed E-state index contributed by atoms with van der Waals surface area (Å²) in [4.78, 5) is 0. The van der Waals surface area contributed by atoms with Gasteiger partial charge in [0.25, 0.3) is 0 Å². The predicted octanol–water partition coefficient (Wildman–Crippen LogP) is 2.04. The van der Waals surface area contributed by atoms with Gasteiger partial charge in [-0.15, -0.1) is 0 Å². The lowest BCUT2D eigenvalue weighted by Gasteiger charge is -2.00. The van der Waals surface area contributed by atoms with Crippen molar-refractivity contribution in [2.24, 2.45) is 0 Å². The molecule has 0 aliphatic carbocycles. The summed E-state index contributed by atoms with van der Waals surface area (Å²) in [5, 5.41) is -0.0357. The van der Waals surface area contributed by atoms with E-state index < -0.39 is 17.5 Å². The third-order valence-corrected chi connectivity index (χ3v) is 2.23. The van der Waals surface area contributed by atoms with Gasteiger partial charge >= 0.3 is 0 Å². The highest BCUT2D eigenvalue weighted by molar-refractivity contribution is 7.46. The Bertz CT molecular complexity index is 249. The zero-order chi connectivity index (χ0) is 8.43. The van der Waals surface area contributed by atoms with Crippen molar-refractivity contribution >= 4 is 13.9 Å². The second-order valence-corrected chi connectivity index (χ2v) is 2.99. The Kier molecular flexibility index (Phi) is 2.50. The number of halogens is 3. The Balaban J connectivity index is 3.25. The summed E-state index contributed by atoms with van der Waals surface area (Å²) in [6.45, 7) is 1.64. The molecule has 1 unspecified atom stereocenters. The van der Waals surface area contributed by atoms with Crippen molar-refractivity contribution in [2.45, 2.75) is 0 Å². The van der Waals surface area contributed by atoms with Crippen LogP contribution in [-0.4, -0.2) is 6.66 Å². The average Bonchev–Trinajstić information content (AvgIpc) is 1.85. The van der Waals surface area contributed by atoms with E-state index in [9.17, 15) is 13.2 Å². The molecule has 60 valence electrons. The van der Waals surface area contributed by atoms with Crippen LogP contribution in [0.5, 0.6) is 0 Å². The number of benzene rings is 1. The summed E-state index contributed by atoms with van der Waals surface area (Å²) in [6, 6.07) is 1.38. The maximum absolute atomic E-state index is 12.6. The van der Waals surface area contributed by atoms with Crippen molar-refractivity contribution in [2.75, 3.05) is 6.66 Å². The zero-order valence-corrected chi connectivity index (χ0v) is 6.79. The molecule has 1 atom stereocenters. The fraction of sp³-hybridized carbons (Fsp3) is 0.143. The van der Waals surface area contributed by atoms with Crippen LogP contribution in [0.2, 0.25) is 0 Å². The Morgan fingerprint density at radius 3 is 1.91 bits per heavy atom. The summed E-state index contributed by atoms with van der Waals surface area (Å²) in [6.07, 6.45) is 0. The fourth-order valence-corrected chi connectivity index (χ4v) is 1.40. The summed E-state index contributed by atoms with van der Waals surface area (Å²) in [7, 11) is 0.00741. The van der Waals surface area contributed by atoms with Crippen LogP contribution in [0.25, 0.3) is 0 Å². The van der Waals surface area contributed by atoms with Gasteiger partial charge in [-0.05, 0) is 6.66 Å². The van der Waals surface area contributed by atoms with Gasteiger partial charge in [0, 0.05) is 17.4 Å². The highest BCUT2D eigenvalue weighted by Gasteiger charge is 2.08. The largest absolute Gasteiger partial charge is 0.207 e. The normalized spacial score (nSPS) is 11.3. The third-order valence-electron chi connectivity index (χ3n) is 1.26. The summed E-state index contributed by atoms with van der Waals surface area (Å²) in [5.74, 6) is -2.48. The van der Waals surface area contributed by atoms with Crippen LogP contribution in [0, 0.1) is 17.5 Å². The van der Waals surface area contributed by atoms with E-state index in [0.29, 0.717) is 12.1 Å². The second-order valence-electron chi connectivity index (χ2n) is 1.99. The fourth-order valence-electron chi connectivity index (χ4n) is 0.781. The molecule has 4 heteroatoms. The van der Waals surface area contributed by atoms with Crippen LogP contribution in [0.4, 0.5) is 13.2 Å². The highest BCUT2D eigenvalue weighted by atomic mass is 31.1. The quantitative estimate of drug-likeness (QED) is 0.577. The van der Waals surface area contributed by atoms with Gasteiger partial charge in [0.05, 0.1) is 0 Å². The van der Waals surface area contributed by atoms with Crippen LogP contribution in [-0.2, 0) is 0 Å². The molecule has 0 bridgehead atoms. The van der Waals surface area contributed by atoms with E-state index in [1.54, 1.807) is 6.66 Å². The van der Waals surface area contributed by atoms with Gasteiger partial charge in [-0.1, -0.05) is 8.58 Å². The second kappa shape index (κ2) is 3.22. The minimum absolute atomic E-state index is 0.00741. The lowest BCUT2D eigenvalue weighted by atomic mass is 10.3. The van der Waals surface area contributed by atoms with Crippen LogP contribution in [0.1, 0.15) is 0 Å². The first-order valence-corrected chi connectivity index (χ1v) is 4.47. The van der Waals surface area contributed by atoms with Crippen LogP contribution in [0.15, 0.2) is 12.1 Å². The van der Waals surface area contributed by atoms with Gasteiger partial charge < -0.3 is 0 Å². The molecule has 0 spiro atoms. The summed E-state index contributed by atoms with van der Waals surface area (Å²) in [5.41, 5.74) is 0. The van der Waals surface area contributed by atoms with Crippen LogP contribution in [0.3, 0.4) is 0 Å². The Morgan fingerprint density at radius 1 is 1.09 bits per heavy atom. The molecule has 0 N–H and O–H groups in total. The number of hydrogen-bond acceptors (Lipinski definition) is 0. The van der Waals surface area contributed by atoms with Gasteiger partial charge in [-0.3, -0.25) is 0 Å². The van der Waals surface area contributed by atoms with E-state index in [-0.39, 0.29) is 13.9 Å². The molecular formula is C7H6F3P. The minimum atomic E-state index is -0.873. The van der Waals surface area contributed by atoms with Gasteiger partial charge in [0.2, 0.25) is 0 Å². The van der Waals surface area contributed by atoms with Gasteiger partial charge in [0.15, 0.2) is 0 Å². The molecule has 1 rings (SSSR count). The van der Waals surface area contributed by atoms with E-state index in [1.807, 2.05) is 0 Å². The molecule has 0 aliphatic rings. The number of hydrogen-bond donors (Lipinski definition) is 0. The molecule has 0 radical (unpaired) electrons. The number of rotatable bonds is 1. The Hall–Kier alpha value is -0.560. The standard InChI is InChI=1S/C7H6F3P/c1-11-7-5(9)2-4(8)3-6(7)10/h2-3,11H,1H3. The van der Waals surface area contributed by atoms with Crippen molar-refractivity contribution in [3.05, 3.63) is 29.6 Å². The van der Waals surface area contributed by atoms with Crippen molar-refractivity contribution in [1.82, 2.24) is 0 Å². The Labute approximate surface area is 64.2 Å². The highest BCUT2D eigenvalue weighted by Crippen LogP contribution is 2.13. The van der Waals surface area contributed by atoms with E-state index in [4.69, 9.17) is 0 Å². The van der Waals surface area contributed by atoms with Crippen LogP contribution >= 0.6 is 8.58 Å². The minimum Gasteiger partial charge on any atom is -0.207 e. The molecule has 0 amide bonds. The SMILES string of the molecule is CPc1c(F)cc(F)cc1F. The molecule has 0 aliphatic heterocycles. The topological polar surface area (TPSA) is 0 Å². The predicted molar refractivity (Wildman–Crippen MR) is 40.2 cm³/mol. The molecule has 11 heavy (non-hydrogen) atoms. The van der Waals surface area contributed by atoms with E-state index in [0.717, 1.165) is 0 Å². The first kappa shape index (κ1) is 8.54. The van der Waals surface area contributed by atoms with E-state index in [1.165, 1.54) is 0 Å². The zero-order valence-electron chi connectivity index (χ0n) is 5.79. The summed E-state index contributed by atoms with van der Waals surface area (Å²) < 4.78 is 37.5. The maximum Gasteiger partial charge on any atom is 0.136 e. The van der Waals surface area contributed by atoms with Crippen molar-refractivity contribution < 1.29 is 13.2 Å². The molecule has 1 aromatic rings. The lowest BCUT2D eigenvalue weighted by molar-refractivity contribution is 0.554. The van der Waals surface area contributed by atoms with Gasteiger partial charge in [-0.2, -0.15) is 0 Å². The molecule has 0 aromatic heterocycles. The molecule has 0 heterocycles. The first-order valence-electron chi connectivity index (χ1n) is 2.97. The first-order chi connectivity index (χ1) is 5.15. The molecular weight excluding hydrogens is 172 g/mol. The molecule has 0 saturated heterocycles. The average molecular weight is 178 g/mol. The molecule has 0 fully saturated rings. The van der Waals surface area contributed by atoms with Crippen molar-refractivity contribution in [3.8, 4) is 0 Å². The smallest absolute Gasteiger partial charge is 0.136 e. The molecule has 0 saturated carbocycles. The van der Waals surface area contributed by atoms with Crippen molar-refractivity contribution in [3.63, 3.8) is 0 Å². The maximum atomic E-state index is 12.6. The van der Waals surface area contributed by atoms with Gasteiger partial charge in [-0.25, -0.2) is 13.2 Å². The Morgan fingerprint density at radius 2 is 1.55 bits per heavy atom.